The SMILES string of the molecule is CCC(C)(C)NC(=S)Nc1ccc(F)cc1. The maximum Gasteiger partial charge on any atom is 0.171 e. The quantitative estimate of drug-likeness (QED) is 0.793. The number of benzene rings is 1. The lowest BCUT2D eigenvalue weighted by Crippen LogP contribution is -2.44. The molecule has 0 aliphatic rings. The lowest BCUT2D eigenvalue weighted by Gasteiger charge is -2.26. The number of halogens is 1. The Morgan fingerprint density at radius 2 is 1.88 bits per heavy atom. The van der Waals surface area contributed by atoms with Crippen LogP contribution in [0.1, 0.15) is 27.2 Å². The number of hydrogen-bond donors (Lipinski definition) is 2. The molecule has 2 nitrogen and oxygen atoms in total. The molecule has 16 heavy (non-hydrogen) atoms. The normalized spacial score (nSPS) is 11.0. The van der Waals surface area contributed by atoms with E-state index < -0.39 is 0 Å². The summed E-state index contributed by atoms with van der Waals surface area (Å²) in [6, 6.07) is 6.11. The van der Waals surface area contributed by atoms with Gasteiger partial charge in [-0.1, -0.05) is 6.92 Å². The molecule has 0 saturated heterocycles. The van der Waals surface area contributed by atoms with Crippen LogP contribution < -0.4 is 10.6 Å². The first kappa shape index (κ1) is 12.9. The molecule has 2 N–H and O–H groups in total. The first-order chi connectivity index (χ1) is 7.43. The highest BCUT2D eigenvalue weighted by Crippen LogP contribution is 2.10. The summed E-state index contributed by atoms with van der Waals surface area (Å²) < 4.78 is 12.7. The topological polar surface area (TPSA) is 24.1 Å². The average molecular weight is 240 g/mol. The van der Waals surface area contributed by atoms with Crippen molar-refractivity contribution in [2.45, 2.75) is 32.7 Å². The molecule has 4 heteroatoms. The van der Waals surface area contributed by atoms with Gasteiger partial charge in [0.2, 0.25) is 0 Å². The van der Waals surface area contributed by atoms with Crippen LogP contribution in [0.4, 0.5) is 10.1 Å². The zero-order chi connectivity index (χ0) is 12.2. The summed E-state index contributed by atoms with van der Waals surface area (Å²) in [5.41, 5.74) is 0.746. The summed E-state index contributed by atoms with van der Waals surface area (Å²) in [5, 5.41) is 6.76. The van der Waals surface area contributed by atoms with Gasteiger partial charge < -0.3 is 10.6 Å². The molecule has 0 atom stereocenters. The molecule has 0 unspecified atom stereocenters. The molecule has 88 valence electrons. The molecule has 0 spiro atoms. The van der Waals surface area contributed by atoms with Crippen molar-refractivity contribution in [3.63, 3.8) is 0 Å². The molecule has 0 amide bonds. The smallest absolute Gasteiger partial charge is 0.171 e. The van der Waals surface area contributed by atoms with E-state index in [2.05, 4.69) is 31.4 Å². The summed E-state index contributed by atoms with van der Waals surface area (Å²) >= 11 is 5.17. The van der Waals surface area contributed by atoms with E-state index in [1.807, 2.05) is 0 Å². The monoisotopic (exact) mass is 240 g/mol. The summed E-state index contributed by atoms with van der Waals surface area (Å²) in [7, 11) is 0. The van der Waals surface area contributed by atoms with Gasteiger partial charge in [0, 0.05) is 11.2 Å². The van der Waals surface area contributed by atoms with Gasteiger partial charge >= 0.3 is 0 Å². The van der Waals surface area contributed by atoms with E-state index >= 15 is 0 Å². The number of thiocarbonyl (C=S) groups is 1. The second kappa shape index (κ2) is 5.25. The molecule has 0 saturated carbocycles. The maximum absolute atomic E-state index is 12.7. The van der Waals surface area contributed by atoms with E-state index in [-0.39, 0.29) is 11.4 Å². The minimum absolute atomic E-state index is 0.0376. The number of rotatable bonds is 3. The Labute approximate surface area is 101 Å². The molecule has 1 aromatic rings. The van der Waals surface area contributed by atoms with Crippen LogP contribution in [-0.4, -0.2) is 10.7 Å². The van der Waals surface area contributed by atoms with Crippen LogP contribution in [0.25, 0.3) is 0 Å². The summed E-state index contributed by atoms with van der Waals surface area (Å²) in [6.07, 6.45) is 0.970. The van der Waals surface area contributed by atoms with Gasteiger partial charge in [-0.25, -0.2) is 4.39 Å². The third kappa shape index (κ3) is 4.14. The van der Waals surface area contributed by atoms with Crippen LogP contribution >= 0.6 is 12.2 Å². The minimum atomic E-state index is -0.252. The lowest BCUT2D eigenvalue weighted by molar-refractivity contribution is 0.448. The van der Waals surface area contributed by atoms with Crippen molar-refractivity contribution in [2.24, 2.45) is 0 Å². The van der Waals surface area contributed by atoms with Crippen LogP contribution in [0.5, 0.6) is 0 Å². The van der Waals surface area contributed by atoms with Gasteiger partial charge in [0.25, 0.3) is 0 Å². The second-order valence-corrected chi connectivity index (χ2v) is 4.73. The Bertz CT molecular complexity index is 360. The molecular formula is C12H17FN2S. The Balaban J connectivity index is 2.55. The molecule has 0 fully saturated rings. The van der Waals surface area contributed by atoms with Crippen LogP contribution in [0.15, 0.2) is 24.3 Å². The van der Waals surface area contributed by atoms with E-state index in [0.717, 1.165) is 12.1 Å². The molecule has 0 heterocycles. The van der Waals surface area contributed by atoms with Gasteiger partial charge in [-0.2, -0.15) is 0 Å². The third-order valence-corrected chi connectivity index (χ3v) is 2.64. The van der Waals surface area contributed by atoms with Gasteiger partial charge in [-0.05, 0) is 56.8 Å². The van der Waals surface area contributed by atoms with Crippen molar-refractivity contribution in [1.82, 2.24) is 5.32 Å². The van der Waals surface area contributed by atoms with Gasteiger partial charge in [0.05, 0.1) is 0 Å². The number of anilines is 1. The first-order valence-corrected chi connectivity index (χ1v) is 5.68. The predicted octanol–water partition coefficient (Wildman–Crippen LogP) is 3.30. The largest absolute Gasteiger partial charge is 0.358 e. The maximum atomic E-state index is 12.7. The Morgan fingerprint density at radius 1 is 1.31 bits per heavy atom. The zero-order valence-corrected chi connectivity index (χ0v) is 10.6. The summed E-state index contributed by atoms with van der Waals surface area (Å²) in [6.45, 7) is 6.24. The Hall–Kier alpha value is -1.16. The van der Waals surface area contributed by atoms with E-state index in [0.29, 0.717) is 5.11 Å². The highest BCUT2D eigenvalue weighted by Gasteiger charge is 2.15. The van der Waals surface area contributed by atoms with Crippen molar-refractivity contribution in [3.05, 3.63) is 30.1 Å². The van der Waals surface area contributed by atoms with Crippen LogP contribution in [0.3, 0.4) is 0 Å². The summed E-state index contributed by atoms with van der Waals surface area (Å²) in [4.78, 5) is 0. The lowest BCUT2D eigenvalue weighted by atomic mass is 10.0. The van der Waals surface area contributed by atoms with Gasteiger partial charge in [-0.15, -0.1) is 0 Å². The van der Waals surface area contributed by atoms with Crippen molar-refractivity contribution in [2.75, 3.05) is 5.32 Å². The van der Waals surface area contributed by atoms with Gasteiger partial charge in [-0.3, -0.25) is 0 Å². The second-order valence-electron chi connectivity index (χ2n) is 4.32. The third-order valence-electron chi connectivity index (χ3n) is 2.44. The Kier molecular flexibility index (Phi) is 4.24. The molecule has 0 radical (unpaired) electrons. The highest BCUT2D eigenvalue weighted by molar-refractivity contribution is 7.80. The standard InChI is InChI=1S/C12H17FN2S/c1-4-12(2,3)15-11(16)14-10-7-5-9(13)6-8-10/h5-8H,4H2,1-3H3,(H2,14,15,16). The van der Waals surface area contributed by atoms with E-state index in [9.17, 15) is 4.39 Å². The summed E-state index contributed by atoms with van der Waals surface area (Å²) in [5.74, 6) is -0.252. The van der Waals surface area contributed by atoms with E-state index in [4.69, 9.17) is 12.2 Å². The molecule has 1 rings (SSSR count). The first-order valence-electron chi connectivity index (χ1n) is 5.28. The average Bonchev–Trinajstić information content (AvgIpc) is 2.21. The minimum Gasteiger partial charge on any atom is -0.358 e. The number of hydrogen-bond acceptors (Lipinski definition) is 1. The highest BCUT2D eigenvalue weighted by atomic mass is 32.1. The number of nitrogens with one attached hydrogen (secondary N) is 2. The van der Waals surface area contributed by atoms with E-state index in [1.165, 1.54) is 12.1 Å². The molecule has 0 aromatic heterocycles. The van der Waals surface area contributed by atoms with Crippen molar-refractivity contribution >= 4 is 23.0 Å². The zero-order valence-electron chi connectivity index (χ0n) is 9.80. The molecule has 1 aromatic carbocycles. The fourth-order valence-electron chi connectivity index (χ4n) is 1.09. The Morgan fingerprint density at radius 3 is 2.38 bits per heavy atom. The molecular weight excluding hydrogens is 223 g/mol. The van der Waals surface area contributed by atoms with Crippen molar-refractivity contribution in [3.8, 4) is 0 Å². The fraction of sp³-hybridized carbons (Fsp3) is 0.417. The molecule has 0 bridgehead atoms. The van der Waals surface area contributed by atoms with Crippen LogP contribution in [0, 0.1) is 5.82 Å². The van der Waals surface area contributed by atoms with Crippen LogP contribution in [-0.2, 0) is 0 Å². The van der Waals surface area contributed by atoms with Gasteiger partial charge in [0.1, 0.15) is 5.82 Å². The molecule has 0 aliphatic carbocycles. The van der Waals surface area contributed by atoms with Crippen molar-refractivity contribution < 1.29 is 4.39 Å². The fourth-order valence-corrected chi connectivity index (χ4v) is 1.49. The van der Waals surface area contributed by atoms with Crippen LogP contribution in [0.2, 0.25) is 0 Å². The van der Waals surface area contributed by atoms with E-state index in [1.54, 1.807) is 12.1 Å². The predicted molar refractivity (Wildman–Crippen MR) is 70.1 cm³/mol. The molecule has 0 aliphatic heterocycles. The van der Waals surface area contributed by atoms with Gasteiger partial charge in [0.15, 0.2) is 5.11 Å². The van der Waals surface area contributed by atoms with Crippen molar-refractivity contribution in [1.29, 1.82) is 0 Å².